The Morgan fingerprint density at radius 1 is 1.00 bits per heavy atom. The van der Waals surface area contributed by atoms with Crippen molar-refractivity contribution in [2.24, 2.45) is 7.05 Å². The van der Waals surface area contributed by atoms with Crippen LogP contribution in [0.25, 0.3) is 11.0 Å². The Kier molecular flexibility index (Phi) is 5.68. The second kappa shape index (κ2) is 8.34. The van der Waals surface area contributed by atoms with Crippen molar-refractivity contribution in [1.82, 2.24) is 24.5 Å². The van der Waals surface area contributed by atoms with Gasteiger partial charge in [0, 0.05) is 13.2 Å². The summed E-state index contributed by atoms with van der Waals surface area (Å²) in [6.07, 6.45) is 3.96. The van der Waals surface area contributed by atoms with Gasteiger partial charge < -0.3 is 14.8 Å². The zero-order valence-corrected chi connectivity index (χ0v) is 15.8. The van der Waals surface area contributed by atoms with Crippen LogP contribution in [0.15, 0.2) is 61.1 Å². The van der Waals surface area contributed by atoms with Gasteiger partial charge in [-0.15, -0.1) is 5.10 Å². The molecular weight excluding hydrogens is 374 g/mol. The van der Waals surface area contributed by atoms with E-state index < -0.39 is 11.9 Å². The van der Waals surface area contributed by atoms with E-state index in [0.717, 1.165) is 16.7 Å². The minimum absolute atomic E-state index is 0.0803. The molecule has 2 heterocycles. The molecule has 148 valence electrons. The smallest absolute Gasteiger partial charge is 0.414 e. The number of imidazole rings is 1. The molecule has 2 aromatic carbocycles. The largest absolute Gasteiger partial charge is 0.473 e. The van der Waals surface area contributed by atoms with Gasteiger partial charge in [0.25, 0.3) is 0 Å². The molecule has 29 heavy (non-hydrogen) atoms. The normalized spacial score (nSPS) is 11.5. The Bertz CT molecular complexity index is 1140. The Hall–Kier alpha value is -4.01. The van der Waals surface area contributed by atoms with Crippen molar-refractivity contribution in [3.63, 3.8) is 0 Å². The van der Waals surface area contributed by atoms with Gasteiger partial charge in [-0.2, -0.15) is 0 Å². The molecule has 4 rings (SSSR count). The molecule has 1 unspecified atom stereocenters. The number of aromatic nitrogens is 5. The van der Waals surface area contributed by atoms with E-state index in [0.29, 0.717) is 0 Å². The zero-order valence-electron chi connectivity index (χ0n) is 15.8. The summed E-state index contributed by atoms with van der Waals surface area (Å²) >= 11 is 0. The lowest BCUT2D eigenvalue weighted by Crippen LogP contribution is -2.10. The molecule has 0 aliphatic heterocycles. The SMILES string of the molecule is Cc1cn(C(c2ccccc2)c2ccc3nnn(C)c3c2)cn1.O=C(O)C(=O)O. The standard InChI is InChI=1S/C18H17N5.C2H2O4/c1-13-11-23(12-19-13)18(14-6-4-3-5-7-14)15-8-9-16-17(10-15)22(2)21-20-16;3-1(4)2(5)6/h3-12,18H,1-2H3;(H,3,4)(H,5,6). The number of nitrogens with zero attached hydrogens (tertiary/aromatic N) is 5. The number of hydrogen-bond acceptors (Lipinski definition) is 5. The van der Waals surface area contributed by atoms with Gasteiger partial charge in [0.2, 0.25) is 0 Å². The number of benzene rings is 2. The minimum Gasteiger partial charge on any atom is -0.473 e. The average Bonchev–Trinajstić information content (AvgIpc) is 3.29. The summed E-state index contributed by atoms with van der Waals surface area (Å²) in [5.41, 5.74) is 5.35. The van der Waals surface area contributed by atoms with Crippen LogP contribution in [0.3, 0.4) is 0 Å². The maximum Gasteiger partial charge on any atom is 0.414 e. The Labute approximate surface area is 165 Å². The summed E-state index contributed by atoms with van der Waals surface area (Å²) in [4.78, 5) is 22.6. The molecule has 9 nitrogen and oxygen atoms in total. The van der Waals surface area contributed by atoms with Gasteiger partial charge in [0.1, 0.15) is 5.52 Å². The van der Waals surface area contributed by atoms with Crippen LogP contribution in [-0.2, 0) is 16.6 Å². The molecule has 2 aromatic heterocycles. The first-order valence-corrected chi connectivity index (χ1v) is 8.67. The van der Waals surface area contributed by atoms with Crippen LogP contribution in [0.2, 0.25) is 0 Å². The second-order valence-corrected chi connectivity index (χ2v) is 6.35. The van der Waals surface area contributed by atoms with Crippen LogP contribution in [0.1, 0.15) is 22.9 Å². The molecular formula is C20H19N5O4. The first kappa shape index (κ1) is 19.7. The summed E-state index contributed by atoms with van der Waals surface area (Å²) in [7, 11) is 1.91. The third kappa shape index (κ3) is 4.46. The second-order valence-electron chi connectivity index (χ2n) is 6.35. The summed E-state index contributed by atoms with van der Waals surface area (Å²) in [5, 5.41) is 23.0. The van der Waals surface area contributed by atoms with Gasteiger partial charge >= 0.3 is 11.9 Å². The van der Waals surface area contributed by atoms with Crippen LogP contribution in [-0.4, -0.2) is 46.7 Å². The van der Waals surface area contributed by atoms with Crippen LogP contribution in [0, 0.1) is 6.92 Å². The monoisotopic (exact) mass is 393 g/mol. The number of carboxylic acids is 2. The fourth-order valence-corrected chi connectivity index (χ4v) is 2.97. The maximum absolute atomic E-state index is 9.10. The van der Waals surface area contributed by atoms with Crippen molar-refractivity contribution in [3.05, 3.63) is 77.9 Å². The number of rotatable bonds is 3. The summed E-state index contributed by atoms with van der Waals surface area (Å²) < 4.78 is 3.95. The van der Waals surface area contributed by atoms with Gasteiger partial charge in [-0.05, 0) is 30.2 Å². The van der Waals surface area contributed by atoms with E-state index in [1.54, 1.807) is 4.68 Å². The van der Waals surface area contributed by atoms with E-state index in [1.165, 1.54) is 11.1 Å². The Balaban J connectivity index is 0.000000353. The van der Waals surface area contributed by atoms with E-state index in [4.69, 9.17) is 19.8 Å². The number of fused-ring (bicyclic) bond motifs is 1. The molecule has 9 heteroatoms. The minimum atomic E-state index is -1.82. The molecule has 0 aliphatic carbocycles. The summed E-state index contributed by atoms with van der Waals surface area (Å²) in [5.74, 6) is -3.65. The highest BCUT2D eigenvalue weighted by Gasteiger charge is 2.17. The molecule has 0 amide bonds. The number of carboxylic acid groups (broad SMARTS) is 2. The number of aryl methyl sites for hydroxylation is 2. The molecule has 2 N–H and O–H groups in total. The zero-order chi connectivity index (χ0) is 21.0. The average molecular weight is 393 g/mol. The molecule has 0 aliphatic rings. The van der Waals surface area contributed by atoms with E-state index >= 15 is 0 Å². The molecule has 0 radical (unpaired) electrons. The fraction of sp³-hybridized carbons (Fsp3) is 0.150. The lowest BCUT2D eigenvalue weighted by atomic mass is 9.98. The summed E-state index contributed by atoms with van der Waals surface area (Å²) in [6, 6.07) is 16.8. The van der Waals surface area contributed by atoms with Gasteiger partial charge in [0.15, 0.2) is 0 Å². The highest BCUT2D eigenvalue weighted by molar-refractivity contribution is 6.27. The Morgan fingerprint density at radius 2 is 1.69 bits per heavy atom. The highest BCUT2D eigenvalue weighted by Crippen LogP contribution is 2.28. The lowest BCUT2D eigenvalue weighted by molar-refractivity contribution is -0.159. The van der Waals surface area contributed by atoms with Gasteiger partial charge in [-0.25, -0.2) is 19.3 Å². The summed E-state index contributed by atoms with van der Waals surface area (Å²) in [6.45, 7) is 2.01. The van der Waals surface area contributed by atoms with Crippen molar-refractivity contribution < 1.29 is 19.8 Å². The molecule has 1 atom stereocenters. The van der Waals surface area contributed by atoms with E-state index in [2.05, 4.69) is 62.5 Å². The number of hydrogen-bond donors (Lipinski definition) is 2. The molecule has 0 saturated heterocycles. The molecule has 0 fully saturated rings. The molecule has 0 bridgehead atoms. The van der Waals surface area contributed by atoms with E-state index in [9.17, 15) is 0 Å². The predicted octanol–water partition coefficient (Wildman–Crippen LogP) is 2.27. The number of carbonyl (C=O) groups is 2. The van der Waals surface area contributed by atoms with Gasteiger partial charge in [-0.1, -0.05) is 41.6 Å². The first-order valence-electron chi connectivity index (χ1n) is 8.67. The third-order valence-corrected chi connectivity index (χ3v) is 4.28. The topological polar surface area (TPSA) is 123 Å². The van der Waals surface area contributed by atoms with Crippen LogP contribution < -0.4 is 0 Å². The fourth-order valence-electron chi connectivity index (χ4n) is 2.97. The van der Waals surface area contributed by atoms with Gasteiger partial charge in [-0.3, -0.25) is 0 Å². The van der Waals surface area contributed by atoms with Crippen molar-refractivity contribution in [3.8, 4) is 0 Å². The quantitative estimate of drug-likeness (QED) is 0.512. The van der Waals surface area contributed by atoms with E-state index in [-0.39, 0.29) is 6.04 Å². The maximum atomic E-state index is 9.10. The molecule has 0 spiro atoms. The number of aliphatic carboxylic acids is 2. The molecule has 0 saturated carbocycles. The van der Waals surface area contributed by atoms with Crippen LogP contribution >= 0.6 is 0 Å². The van der Waals surface area contributed by atoms with Crippen LogP contribution in [0.5, 0.6) is 0 Å². The predicted molar refractivity (Wildman–Crippen MR) is 104 cm³/mol. The van der Waals surface area contributed by atoms with Crippen molar-refractivity contribution in [2.45, 2.75) is 13.0 Å². The lowest BCUT2D eigenvalue weighted by Gasteiger charge is -2.19. The third-order valence-electron chi connectivity index (χ3n) is 4.28. The van der Waals surface area contributed by atoms with Gasteiger partial charge in [0.05, 0.1) is 23.6 Å². The van der Waals surface area contributed by atoms with Crippen molar-refractivity contribution in [2.75, 3.05) is 0 Å². The van der Waals surface area contributed by atoms with Crippen molar-refractivity contribution >= 4 is 23.0 Å². The first-order chi connectivity index (χ1) is 13.9. The van der Waals surface area contributed by atoms with Crippen LogP contribution in [0.4, 0.5) is 0 Å². The van der Waals surface area contributed by atoms with E-state index in [1.807, 2.05) is 32.4 Å². The Morgan fingerprint density at radius 3 is 2.28 bits per heavy atom. The van der Waals surface area contributed by atoms with Crippen molar-refractivity contribution in [1.29, 1.82) is 0 Å². The highest BCUT2D eigenvalue weighted by atomic mass is 16.4. The molecule has 4 aromatic rings.